The first-order valence-electron chi connectivity index (χ1n) is 6.98. The number of hydrogen-bond acceptors (Lipinski definition) is 4. The van der Waals surface area contributed by atoms with Crippen molar-refractivity contribution in [2.24, 2.45) is 5.73 Å². The number of piperidine rings is 1. The first-order chi connectivity index (χ1) is 9.61. The molecule has 1 unspecified atom stereocenters. The van der Waals surface area contributed by atoms with Gasteiger partial charge in [-0.1, -0.05) is 12.5 Å². The monoisotopic (exact) mass is 281 g/mol. The Hall–Kier alpha value is -1.53. The number of nitrogens with zero attached hydrogens (tertiary/aromatic N) is 2. The maximum Gasteiger partial charge on any atom is 0.304 e. The summed E-state index contributed by atoms with van der Waals surface area (Å²) in [6, 6.07) is 4.58. The summed E-state index contributed by atoms with van der Waals surface area (Å²) in [6.07, 6.45) is 4.40. The highest BCUT2D eigenvalue weighted by molar-refractivity contribution is 5.35. The molecule has 1 heterocycles. The van der Waals surface area contributed by atoms with Crippen LogP contribution < -0.4 is 5.73 Å². The molecule has 6 heteroatoms. The largest absolute Gasteiger partial charge is 0.330 e. The van der Waals surface area contributed by atoms with Crippen LogP contribution in [0.25, 0.3) is 0 Å². The second-order valence-corrected chi connectivity index (χ2v) is 5.24. The Labute approximate surface area is 117 Å². The molecule has 1 aromatic rings. The van der Waals surface area contributed by atoms with Gasteiger partial charge in [-0.2, -0.15) is 4.39 Å². The zero-order valence-corrected chi connectivity index (χ0v) is 11.4. The zero-order chi connectivity index (χ0) is 14.5. The van der Waals surface area contributed by atoms with Gasteiger partial charge in [0.1, 0.15) is 0 Å². The Morgan fingerprint density at radius 3 is 2.90 bits per heavy atom. The van der Waals surface area contributed by atoms with E-state index in [9.17, 15) is 14.5 Å². The lowest BCUT2D eigenvalue weighted by Crippen LogP contribution is -2.40. The summed E-state index contributed by atoms with van der Waals surface area (Å²) in [5, 5.41) is 10.6. The highest BCUT2D eigenvalue weighted by atomic mass is 19.1. The van der Waals surface area contributed by atoms with Crippen LogP contribution in [0.2, 0.25) is 0 Å². The third-order valence-electron chi connectivity index (χ3n) is 3.84. The molecule has 1 aliphatic rings. The maximum atomic E-state index is 13.6. The van der Waals surface area contributed by atoms with Gasteiger partial charge in [0.15, 0.2) is 0 Å². The molecule has 0 bridgehead atoms. The summed E-state index contributed by atoms with van der Waals surface area (Å²) in [5.41, 5.74) is 5.94. The van der Waals surface area contributed by atoms with Crippen LogP contribution in [0.4, 0.5) is 10.1 Å². The van der Waals surface area contributed by atoms with Crippen molar-refractivity contribution in [2.45, 2.75) is 38.3 Å². The zero-order valence-electron chi connectivity index (χ0n) is 11.4. The minimum absolute atomic E-state index is 0.437. The van der Waals surface area contributed by atoms with Crippen molar-refractivity contribution >= 4 is 5.69 Å². The first kappa shape index (κ1) is 14.9. The van der Waals surface area contributed by atoms with E-state index in [1.807, 2.05) is 0 Å². The van der Waals surface area contributed by atoms with Crippen LogP contribution in [0.1, 0.15) is 31.2 Å². The fraction of sp³-hybridized carbons (Fsp3) is 0.571. The van der Waals surface area contributed by atoms with Gasteiger partial charge in [-0.3, -0.25) is 15.0 Å². The van der Waals surface area contributed by atoms with Crippen molar-refractivity contribution in [3.63, 3.8) is 0 Å². The molecule has 110 valence electrons. The second kappa shape index (κ2) is 6.76. The third kappa shape index (κ3) is 3.52. The SMILES string of the molecule is NCCC1CCCCN1Cc1ccc([N+](=O)[O-])c(F)c1. The predicted octanol–water partition coefficient (Wildman–Crippen LogP) is 2.44. The Balaban J connectivity index is 2.08. The number of rotatable bonds is 5. The van der Waals surface area contributed by atoms with E-state index in [0.717, 1.165) is 31.4 Å². The summed E-state index contributed by atoms with van der Waals surface area (Å²) >= 11 is 0. The van der Waals surface area contributed by atoms with E-state index >= 15 is 0 Å². The van der Waals surface area contributed by atoms with Gasteiger partial charge in [-0.15, -0.1) is 0 Å². The Morgan fingerprint density at radius 1 is 1.45 bits per heavy atom. The van der Waals surface area contributed by atoms with Crippen LogP contribution in [0.15, 0.2) is 18.2 Å². The van der Waals surface area contributed by atoms with Crippen molar-refractivity contribution in [1.82, 2.24) is 4.90 Å². The van der Waals surface area contributed by atoms with Gasteiger partial charge in [0, 0.05) is 18.7 Å². The molecule has 1 atom stereocenters. The van der Waals surface area contributed by atoms with Crippen molar-refractivity contribution in [1.29, 1.82) is 0 Å². The minimum atomic E-state index is -0.764. The molecule has 20 heavy (non-hydrogen) atoms. The number of nitro benzene ring substituents is 1. The van der Waals surface area contributed by atoms with Crippen molar-refractivity contribution < 1.29 is 9.31 Å². The Morgan fingerprint density at radius 2 is 2.25 bits per heavy atom. The molecular weight excluding hydrogens is 261 g/mol. The molecule has 0 spiro atoms. The Bertz CT molecular complexity index is 479. The average Bonchev–Trinajstić information content (AvgIpc) is 2.41. The van der Waals surface area contributed by atoms with E-state index in [1.54, 1.807) is 6.07 Å². The number of halogens is 1. The summed E-state index contributed by atoms with van der Waals surface area (Å²) in [7, 11) is 0. The summed E-state index contributed by atoms with van der Waals surface area (Å²) in [6.45, 7) is 2.25. The van der Waals surface area contributed by atoms with Crippen molar-refractivity contribution in [3.05, 3.63) is 39.7 Å². The maximum absolute atomic E-state index is 13.6. The molecule has 2 rings (SSSR count). The lowest BCUT2D eigenvalue weighted by atomic mass is 9.98. The van der Waals surface area contributed by atoms with Crippen LogP contribution in [-0.2, 0) is 6.54 Å². The van der Waals surface area contributed by atoms with Gasteiger partial charge < -0.3 is 5.73 Å². The molecule has 1 aliphatic heterocycles. The van der Waals surface area contributed by atoms with Crippen LogP contribution in [0.3, 0.4) is 0 Å². The van der Waals surface area contributed by atoms with E-state index in [-0.39, 0.29) is 0 Å². The summed E-state index contributed by atoms with van der Waals surface area (Å²) in [4.78, 5) is 12.2. The highest BCUT2D eigenvalue weighted by Gasteiger charge is 2.22. The third-order valence-corrected chi connectivity index (χ3v) is 3.84. The lowest BCUT2D eigenvalue weighted by molar-refractivity contribution is -0.387. The fourth-order valence-corrected chi connectivity index (χ4v) is 2.82. The smallest absolute Gasteiger partial charge is 0.304 e. The van der Waals surface area contributed by atoms with Crippen LogP contribution >= 0.6 is 0 Å². The van der Waals surface area contributed by atoms with Gasteiger partial charge >= 0.3 is 5.69 Å². The fourth-order valence-electron chi connectivity index (χ4n) is 2.82. The number of benzene rings is 1. The normalized spacial score (nSPS) is 20.0. The standard InChI is InChI=1S/C14H20FN3O2/c15-13-9-11(4-5-14(13)18(19)20)10-17-8-2-1-3-12(17)6-7-16/h4-5,9,12H,1-3,6-8,10,16H2. The number of nitro groups is 1. The number of hydrogen-bond donors (Lipinski definition) is 1. The molecule has 0 amide bonds. The summed E-state index contributed by atoms with van der Waals surface area (Å²) in [5.74, 6) is -0.764. The van der Waals surface area contributed by atoms with Gasteiger partial charge in [-0.25, -0.2) is 0 Å². The van der Waals surface area contributed by atoms with Crippen LogP contribution in [0.5, 0.6) is 0 Å². The molecule has 0 saturated carbocycles. The minimum Gasteiger partial charge on any atom is -0.330 e. The quantitative estimate of drug-likeness (QED) is 0.664. The van der Waals surface area contributed by atoms with E-state index in [2.05, 4.69) is 4.90 Å². The Kier molecular flexibility index (Phi) is 5.03. The molecule has 1 fully saturated rings. The first-order valence-corrected chi connectivity index (χ1v) is 6.98. The second-order valence-electron chi connectivity index (χ2n) is 5.24. The van der Waals surface area contributed by atoms with E-state index in [0.29, 0.717) is 19.1 Å². The van der Waals surface area contributed by atoms with E-state index < -0.39 is 16.4 Å². The topological polar surface area (TPSA) is 72.4 Å². The van der Waals surface area contributed by atoms with Gasteiger partial charge in [0.05, 0.1) is 4.92 Å². The predicted molar refractivity (Wildman–Crippen MR) is 74.8 cm³/mol. The summed E-state index contributed by atoms with van der Waals surface area (Å²) < 4.78 is 13.6. The average molecular weight is 281 g/mol. The molecule has 5 nitrogen and oxygen atoms in total. The molecule has 1 aromatic carbocycles. The van der Waals surface area contributed by atoms with Gasteiger partial charge in [-0.05, 0) is 44.0 Å². The molecule has 0 aromatic heterocycles. The molecule has 2 N–H and O–H groups in total. The van der Waals surface area contributed by atoms with Crippen LogP contribution in [0, 0.1) is 15.9 Å². The lowest BCUT2D eigenvalue weighted by Gasteiger charge is -2.35. The number of likely N-dealkylation sites (tertiary alicyclic amines) is 1. The van der Waals surface area contributed by atoms with Gasteiger partial charge in [0.2, 0.25) is 5.82 Å². The van der Waals surface area contributed by atoms with Gasteiger partial charge in [0.25, 0.3) is 0 Å². The molecule has 1 saturated heterocycles. The number of nitrogens with two attached hydrogens (primary N) is 1. The highest BCUT2D eigenvalue weighted by Crippen LogP contribution is 2.24. The molecule has 0 aliphatic carbocycles. The van der Waals surface area contributed by atoms with Crippen LogP contribution in [-0.4, -0.2) is 29.0 Å². The molecule has 0 radical (unpaired) electrons. The van der Waals surface area contributed by atoms with Crippen molar-refractivity contribution in [3.8, 4) is 0 Å². The van der Waals surface area contributed by atoms with E-state index in [1.165, 1.54) is 18.6 Å². The van der Waals surface area contributed by atoms with E-state index in [4.69, 9.17) is 5.73 Å². The van der Waals surface area contributed by atoms with Crippen molar-refractivity contribution in [2.75, 3.05) is 13.1 Å². The molecular formula is C14H20FN3O2.